The highest BCUT2D eigenvalue weighted by atomic mass is 16.5. The molecule has 2 aromatic rings. The molecule has 1 aromatic carbocycles. The summed E-state index contributed by atoms with van der Waals surface area (Å²) in [6, 6.07) is 4.48. The number of carbonyl (C=O) groups excluding carboxylic acids is 1. The van der Waals surface area contributed by atoms with Gasteiger partial charge in [0, 0.05) is 36.1 Å². The average Bonchev–Trinajstić information content (AvgIpc) is 2.88. The number of ether oxygens (including phenoxy) is 1. The molecule has 2 aliphatic heterocycles. The van der Waals surface area contributed by atoms with Gasteiger partial charge in [0.2, 0.25) is 0 Å². The number of unbranched alkanes of at least 4 members (excludes halogenated alkanes) is 3. The van der Waals surface area contributed by atoms with Crippen LogP contribution >= 0.6 is 0 Å². The van der Waals surface area contributed by atoms with Crippen LogP contribution in [-0.2, 0) is 11.2 Å². The smallest absolute Gasteiger partial charge is 0.339 e. The quantitative estimate of drug-likeness (QED) is 0.315. The molecule has 6 nitrogen and oxygen atoms in total. The molecule has 4 rings (SSSR count). The van der Waals surface area contributed by atoms with Crippen LogP contribution in [-0.4, -0.2) is 55.0 Å². The van der Waals surface area contributed by atoms with E-state index in [0.717, 1.165) is 47.9 Å². The highest BCUT2D eigenvalue weighted by Crippen LogP contribution is 2.32. The number of likely N-dealkylation sites (N-methyl/N-ethyl adjacent to an activating group) is 1. The van der Waals surface area contributed by atoms with Crippen molar-refractivity contribution in [3.05, 3.63) is 39.2 Å². The lowest BCUT2D eigenvalue weighted by Gasteiger charge is -2.45. The van der Waals surface area contributed by atoms with Crippen molar-refractivity contribution in [1.82, 2.24) is 9.80 Å². The zero-order valence-corrected chi connectivity index (χ0v) is 22.7. The number of aryl methyl sites for hydroxylation is 2. The first-order valence-electron chi connectivity index (χ1n) is 14.1. The van der Waals surface area contributed by atoms with Gasteiger partial charge in [-0.15, -0.1) is 0 Å². The van der Waals surface area contributed by atoms with E-state index < -0.39 is 0 Å². The van der Waals surface area contributed by atoms with E-state index in [4.69, 9.17) is 9.15 Å². The summed E-state index contributed by atoms with van der Waals surface area (Å²) < 4.78 is 11.7. The number of carbonyl (C=O) groups is 1. The van der Waals surface area contributed by atoms with E-state index in [9.17, 15) is 9.59 Å². The Bertz CT molecular complexity index is 1110. The molecule has 2 fully saturated rings. The minimum atomic E-state index is -0.253. The van der Waals surface area contributed by atoms with E-state index >= 15 is 0 Å². The fraction of sp³-hybridized carbons (Fsp3) is 0.667. The second-order valence-electron chi connectivity index (χ2n) is 10.9. The fourth-order valence-corrected chi connectivity index (χ4v) is 6.24. The molecule has 2 atom stereocenters. The molecular weight excluding hydrogens is 452 g/mol. The maximum Gasteiger partial charge on any atom is 0.339 e. The van der Waals surface area contributed by atoms with Crippen LogP contribution in [0.5, 0.6) is 5.75 Å². The third-order valence-corrected chi connectivity index (χ3v) is 8.45. The van der Waals surface area contributed by atoms with Crippen LogP contribution in [0.4, 0.5) is 0 Å². The van der Waals surface area contributed by atoms with Crippen LogP contribution in [0.25, 0.3) is 11.0 Å². The van der Waals surface area contributed by atoms with Crippen molar-refractivity contribution in [3.63, 3.8) is 0 Å². The highest BCUT2D eigenvalue weighted by molar-refractivity contribution is 5.86. The summed E-state index contributed by atoms with van der Waals surface area (Å²) in [7, 11) is 1.89. The van der Waals surface area contributed by atoms with Gasteiger partial charge in [-0.1, -0.05) is 32.6 Å². The van der Waals surface area contributed by atoms with E-state index in [1.54, 1.807) is 0 Å². The summed E-state index contributed by atoms with van der Waals surface area (Å²) in [6.45, 7) is 9.28. The number of hydrogen-bond donors (Lipinski definition) is 0. The van der Waals surface area contributed by atoms with Crippen molar-refractivity contribution in [2.24, 2.45) is 5.92 Å². The van der Waals surface area contributed by atoms with Crippen molar-refractivity contribution >= 4 is 16.9 Å². The summed E-state index contributed by atoms with van der Waals surface area (Å²) in [5.41, 5.74) is 2.85. The van der Waals surface area contributed by atoms with Gasteiger partial charge in [-0.3, -0.25) is 4.79 Å². The Labute approximate surface area is 216 Å². The molecule has 2 saturated heterocycles. The molecule has 3 heterocycles. The first-order valence-corrected chi connectivity index (χ1v) is 14.1. The van der Waals surface area contributed by atoms with Gasteiger partial charge in [0.25, 0.3) is 5.91 Å². The minimum Gasteiger partial charge on any atom is -0.483 e. The Morgan fingerprint density at radius 3 is 2.69 bits per heavy atom. The van der Waals surface area contributed by atoms with Gasteiger partial charge < -0.3 is 19.0 Å². The fourth-order valence-electron chi connectivity index (χ4n) is 6.24. The molecule has 1 amide bonds. The van der Waals surface area contributed by atoms with Gasteiger partial charge >= 0.3 is 5.63 Å². The number of benzene rings is 1. The second-order valence-corrected chi connectivity index (χ2v) is 10.9. The normalized spacial score (nSPS) is 20.3. The molecule has 0 saturated carbocycles. The number of fused-ring (bicyclic) bond motifs is 2. The molecule has 36 heavy (non-hydrogen) atoms. The van der Waals surface area contributed by atoms with E-state index in [2.05, 4.69) is 11.8 Å². The molecular formula is C30H44N2O4. The van der Waals surface area contributed by atoms with Gasteiger partial charge in [0.1, 0.15) is 11.3 Å². The number of piperidine rings is 2. The molecule has 0 radical (unpaired) electrons. The number of rotatable bonds is 10. The lowest BCUT2D eigenvalue weighted by atomic mass is 9.83. The summed E-state index contributed by atoms with van der Waals surface area (Å²) in [4.78, 5) is 30.2. The van der Waals surface area contributed by atoms with Crippen LogP contribution in [0, 0.1) is 19.8 Å². The minimum absolute atomic E-state index is 0.0112. The van der Waals surface area contributed by atoms with Crippen LogP contribution < -0.4 is 10.4 Å². The number of nitrogens with zero attached hydrogens (tertiary/aromatic N) is 2. The molecule has 2 aliphatic rings. The van der Waals surface area contributed by atoms with Gasteiger partial charge in [-0.25, -0.2) is 4.79 Å². The van der Waals surface area contributed by atoms with Crippen LogP contribution in [0.2, 0.25) is 0 Å². The Hall–Kier alpha value is -2.34. The standard InChI is InChI=1S/C30H44N2O4/c1-5-6-7-8-13-25-21(2)24-15-16-27(22(3)29(24)36-30(25)34)35-20-28(33)31(4)19-23-12-11-18-32-17-10-9-14-26(23)32/h15-16,23,26H,5-14,17-20H2,1-4H3. The van der Waals surface area contributed by atoms with Crippen LogP contribution in [0.3, 0.4) is 0 Å². The predicted octanol–water partition coefficient (Wildman–Crippen LogP) is 5.63. The Morgan fingerprint density at radius 2 is 1.89 bits per heavy atom. The maximum atomic E-state index is 12.9. The summed E-state index contributed by atoms with van der Waals surface area (Å²) in [6.07, 6.45) is 11.5. The lowest BCUT2D eigenvalue weighted by molar-refractivity contribution is -0.133. The zero-order valence-electron chi connectivity index (χ0n) is 22.7. The zero-order chi connectivity index (χ0) is 25.7. The van der Waals surface area contributed by atoms with E-state index in [-0.39, 0.29) is 18.1 Å². The largest absolute Gasteiger partial charge is 0.483 e. The first kappa shape index (κ1) is 26.7. The molecule has 2 unspecified atom stereocenters. The van der Waals surface area contributed by atoms with Crippen LogP contribution in [0.1, 0.15) is 81.4 Å². The van der Waals surface area contributed by atoms with E-state index in [0.29, 0.717) is 23.3 Å². The summed E-state index contributed by atoms with van der Waals surface area (Å²) in [5.74, 6) is 1.13. The Kier molecular flexibility index (Phi) is 9.10. The van der Waals surface area contributed by atoms with Crippen molar-refractivity contribution < 1.29 is 13.9 Å². The number of amides is 1. The predicted molar refractivity (Wildman–Crippen MR) is 145 cm³/mol. The number of hydrogen-bond acceptors (Lipinski definition) is 5. The Morgan fingerprint density at radius 1 is 1.08 bits per heavy atom. The molecule has 1 aromatic heterocycles. The molecule has 0 N–H and O–H groups in total. The average molecular weight is 497 g/mol. The first-order chi connectivity index (χ1) is 17.4. The van der Waals surface area contributed by atoms with Crippen molar-refractivity contribution in [2.75, 3.05) is 33.3 Å². The van der Waals surface area contributed by atoms with E-state index in [1.165, 1.54) is 58.0 Å². The lowest BCUT2D eigenvalue weighted by Crippen LogP contribution is -2.51. The van der Waals surface area contributed by atoms with E-state index in [1.807, 2.05) is 37.9 Å². The van der Waals surface area contributed by atoms with Crippen molar-refractivity contribution in [1.29, 1.82) is 0 Å². The monoisotopic (exact) mass is 496 g/mol. The van der Waals surface area contributed by atoms with Gasteiger partial charge in [0.05, 0.1) is 0 Å². The van der Waals surface area contributed by atoms with Gasteiger partial charge in [-0.2, -0.15) is 0 Å². The van der Waals surface area contributed by atoms with Gasteiger partial charge in [-0.05, 0) is 89.1 Å². The highest BCUT2D eigenvalue weighted by Gasteiger charge is 2.34. The van der Waals surface area contributed by atoms with Crippen LogP contribution in [0.15, 0.2) is 21.3 Å². The topological polar surface area (TPSA) is 63.0 Å². The molecule has 0 bridgehead atoms. The molecule has 198 valence electrons. The van der Waals surface area contributed by atoms with Crippen molar-refractivity contribution in [3.8, 4) is 5.75 Å². The third-order valence-electron chi connectivity index (χ3n) is 8.45. The van der Waals surface area contributed by atoms with Crippen molar-refractivity contribution in [2.45, 2.75) is 91.0 Å². The molecule has 0 aliphatic carbocycles. The Balaban J connectivity index is 1.39. The SMILES string of the molecule is CCCCCCc1c(C)c2ccc(OCC(=O)N(C)CC3CCCN4CCCCC34)c(C)c2oc1=O. The maximum absolute atomic E-state index is 12.9. The molecule has 6 heteroatoms. The second kappa shape index (κ2) is 12.3. The van der Waals surface area contributed by atoms with Gasteiger partial charge in [0.15, 0.2) is 6.61 Å². The third kappa shape index (κ3) is 5.96. The molecule has 0 spiro atoms. The summed E-state index contributed by atoms with van der Waals surface area (Å²) >= 11 is 0. The summed E-state index contributed by atoms with van der Waals surface area (Å²) in [5, 5.41) is 0.947.